The minimum atomic E-state index is -0.835. The molecular formula is C11H8ClN3O4. The zero-order valence-electron chi connectivity index (χ0n) is 9.45. The highest BCUT2D eigenvalue weighted by Crippen LogP contribution is 2.13. The van der Waals surface area contributed by atoms with E-state index >= 15 is 0 Å². The number of hydrogen-bond acceptors (Lipinski definition) is 6. The second kappa shape index (κ2) is 5.40. The van der Waals surface area contributed by atoms with Crippen molar-refractivity contribution in [2.75, 3.05) is 5.73 Å². The van der Waals surface area contributed by atoms with Crippen molar-refractivity contribution in [2.45, 2.75) is 0 Å². The van der Waals surface area contributed by atoms with Crippen LogP contribution < -0.4 is 17.0 Å². The van der Waals surface area contributed by atoms with Crippen LogP contribution in [0.25, 0.3) is 5.69 Å². The Morgan fingerprint density at radius 3 is 2.37 bits per heavy atom. The van der Waals surface area contributed by atoms with Crippen molar-refractivity contribution in [3.8, 4) is 5.69 Å². The van der Waals surface area contributed by atoms with Gasteiger partial charge in [-0.1, -0.05) is 11.6 Å². The molecule has 2 N–H and O–H groups in total. The van der Waals surface area contributed by atoms with E-state index in [-0.39, 0.29) is 5.95 Å². The number of hydrogen-bond donors (Lipinski definition) is 1. The lowest BCUT2D eigenvalue weighted by Crippen LogP contribution is -2.07. The van der Waals surface area contributed by atoms with E-state index in [4.69, 9.17) is 21.9 Å². The van der Waals surface area contributed by atoms with Gasteiger partial charge in [0, 0.05) is 17.2 Å². The highest BCUT2D eigenvalue weighted by molar-refractivity contribution is 6.30. The van der Waals surface area contributed by atoms with Crippen molar-refractivity contribution in [3.63, 3.8) is 0 Å². The van der Waals surface area contributed by atoms with E-state index in [1.807, 2.05) is 0 Å². The maximum atomic E-state index is 11.4. The average molecular weight is 282 g/mol. The van der Waals surface area contributed by atoms with Crippen LogP contribution in [-0.4, -0.2) is 9.90 Å². The normalized spacial score (nSPS) is 9.95. The van der Waals surface area contributed by atoms with Crippen LogP contribution in [0.4, 0.5) is 5.95 Å². The number of benzene rings is 1. The molecule has 0 aliphatic carbocycles. The molecule has 0 saturated carbocycles. The molecule has 0 amide bonds. The quantitative estimate of drug-likeness (QED) is 0.840. The Morgan fingerprint density at radius 2 is 1.68 bits per heavy atom. The van der Waals surface area contributed by atoms with Gasteiger partial charge in [-0.2, -0.15) is 0 Å². The number of halogens is 1. The van der Waals surface area contributed by atoms with Gasteiger partial charge in [0.2, 0.25) is 0 Å². The standard InChI is InChI=1S/C11H8ClN3O4/c12-7-1-3-8(4-2-7)15-11(13)14-18-9(16)5-6-10(17)19-15/h1-6H,(H2,13,14). The van der Waals surface area contributed by atoms with Gasteiger partial charge < -0.3 is 14.8 Å². The molecule has 2 rings (SSSR count). The topological polar surface area (TPSA) is 104 Å². The molecule has 1 aromatic carbocycles. The van der Waals surface area contributed by atoms with Gasteiger partial charge in [0.25, 0.3) is 5.95 Å². The minimum Gasteiger partial charge on any atom is -0.364 e. The van der Waals surface area contributed by atoms with Gasteiger partial charge in [-0.25, -0.2) is 9.59 Å². The summed E-state index contributed by atoms with van der Waals surface area (Å²) in [5.74, 6) is -0.312. The summed E-state index contributed by atoms with van der Waals surface area (Å²) in [6.07, 6.45) is 0. The number of nitrogens with two attached hydrogens (primary N) is 1. The first-order valence-electron chi connectivity index (χ1n) is 5.06. The van der Waals surface area contributed by atoms with Crippen molar-refractivity contribution < 1.29 is 9.05 Å². The predicted molar refractivity (Wildman–Crippen MR) is 67.7 cm³/mol. The summed E-state index contributed by atoms with van der Waals surface area (Å²) >= 11 is 5.75. The molecule has 0 atom stereocenters. The van der Waals surface area contributed by atoms with E-state index in [0.29, 0.717) is 10.7 Å². The van der Waals surface area contributed by atoms with Crippen molar-refractivity contribution in [3.05, 3.63) is 62.3 Å². The molecule has 1 aromatic heterocycles. The number of rotatable bonds is 1. The fraction of sp³-hybridized carbons (Fsp3) is 0. The Morgan fingerprint density at radius 1 is 1.05 bits per heavy atom. The molecule has 0 fully saturated rings. The third kappa shape index (κ3) is 3.23. The zero-order chi connectivity index (χ0) is 13.8. The molecule has 0 spiro atoms. The lowest BCUT2D eigenvalue weighted by Gasteiger charge is -2.03. The zero-order valence-corrected chi connectivity index (χ0v) is 10.2. The van der Waals surface area contributed by atoms with E-state index < -0.39 is 11.3 Å². The van der Waals surface area contributed by atoms with Crippen LogP contribution in [-0.2, 0) is 0 Å². The lowest BCUT2D eigenvalue weighted by molar-refractivity contribution is 0.297. The minimum absolute atomic E-state index is 0.312. The van der Waals surface area contributed by atoms with Crippen molar-refractivity contribution in [1.29, 1.82) is 0 Å². The first kappa shape index (κ1) is 12.9. The molecule has 8 heteroatoms. The second-order valence-corrected chi connectivity index (χ2v) is 3.81. The fourth-order valence-corrected chi connectivity index (χ4v) is 1.35. The largest absolute Gasteiger partial charge is 0.364 e. The van der Waals surface area contributed by atoms with Gasteiger partial charge in [0.1, 0.15) is 0 Å². The van der Waals surface area contributed by atoms with Gasteiger partial charge in [0.15, 0.2) is 0 Å². The fourth-order valence-electron chi connectivity index (χ4n) is 1.22. The van der Waals surface area contributed by atoms with Crippen molar-refractivity contribution in [1.82, 2.24) is 9.90 Å². The number of anilines is 1. The molecular weight excluding hydrogens is 274 g/mol. The molecule has 0 aliphatic heterocycles. The highest BCUT2D eigenvalue weighted by Gasteiger charge is 2.02. The third-order valence-electron chi connectivity index (χ3n) is 2.04. The van der Waals surface area contributed by atoms with Gasteiger partial charge in [-0.3, -0.25) is 0 Å². The third-order valence-corrected chi connectivity index (χ3v) is 2.29. The van der Waals surface area contributed by atoms with Crippen LogP contribution in [0.3, 0.4) is 0 Å². The molecule has 19 heavy (non-hydrogen) atoms. The van der Waals surface area contributed by atoms with Gasteiger partial charge in [-0.15, -0.1) is 4.74 Å². The molecule has 98 valence electrons. The SMILES string of the molecule is Nc1noc(=O)ccc(=O)on1-c1ccc(Cl)cc1. The Hall–Kier alpha value is -2.54. The first-order valence-corrected chi connectivity index (χ1v) is 5.44. The molecule has 7 nitrogen and oxygen atoms in total. The van der Waals surface area contributed by atoms with E-state index in [2.05, 4.69) is 9.68 Å². The summed E-state index contributed by atoms with van der Waals surface area (Å²) in [4.78, 5) is 22.5. The molecule has 0 unspecified atom stereocenters. The van der Waals surface area contributed by atoms with Gasteiger partial charge in [0.05, 0.1) is 5.69 Å². The summed E-state index contributed by atoms with van der Waals surface area (Å²) in [6, 6.07) is 8.05. The lowest BCUT2D eigenvalue weighted by atomic mass is 10.3. The Labute approximate surface area is 111 Å². The summed E-state index contributed by atoms with van der Waals surface area (Å²) in [7, 11) is 0. The van der Waals surface area contributed by atoms with E-state index in [1.165, 1.54) is 0 Å². The summed E-state index contributed by atoms with van der Waals surface area (Å²) in [6.45, 7) is 0. The van der Waals surface area contributed by atoms with Crippen LogP contribution in [0.1, 0.15) is 0 Å². The van der Waals surface area contributed by atoms with Gasteiger partial charge in [-0.05, 0) is 29.4 Å². The molecule has 0 aliphatic rings. The molecule has 0 radical (unpaired) electrons. The van der Waals surface area contributed by atoms with E-state index in [9.17, 15) is 9.59 Å². The maximum Gasteiger partial charge on any atom is 0.359 e. The smallest absolute Gasteiger partial charge is 0.359 e. The molecule has 2 aromatic rings. The van der Waals surface area contributed by atoms with Crippen LogP contribution in [0, 0.1) is 0 Å². The Balaban J connectivity index is 2.76. The number of nitrogens with zero attached hydrogens (tertiary/aromatic N) is 2. The van der Waals surface area contributed by atoms with E-state index in [0.717, 1.165) is 16.9 Å². The molecule has 0 saturated heterocycles. The van der Waals surface area contributed by atoms with E-state index in [1.54, 1.807) is 24.3 Å². The average Bonchev–Trinajstić information content (AvgIpc) is 2.45. The Bertz CT molecular complexity index is 744. The van der Waals surface area contributed by atoms with Crippen LogP contribution in [0.15, 0.2) is 55.0 Å². The Kier molecular flexibility index (Phi) is 3.67. The van der Waals surface area contributed by atoms with Crippen LogP contribution in [0.2, 0.25) is 5.02 Å². The predicted octanol–water partition coefficient (Wildman–Crippen LogP) is 1.14. The highest BCUT2D eigenvalue weighted by atomic mass is 35.5. The molecule has 0 bridgehead atoms. The number of nitrogen functional groups attached to an aromatic ring is 1. The maximum absolute atomic E-state index is 11.4. The van der Waals surface area contributed by atoms with Crippen molar-refractivity contribution >= 4 is 17.5 Å². The second-order valence-electron chi connectivity index (χ2n) is 3.37. The summed E-state index contributed by atoms with van der Waals surface area (Å²) in [5.41, 5.74) is 4.33. The van der Waals surface area contributed by atoms with Crippen LogP contribution >= 0.6 is 11.6 Å². The summed E-state index contributed by atoms with van der Waals surface area (Å²) < 4.78 is 10.3. The van der Waals surface area contributed by atoms with Gasteiger partial charge >= 0.3 is 11.3 Å². The summed E-state index contributed by atoms with van der Waals surface area (Å²) in [5, 5.41) is 3.85. The van der Waals surface area contributed by atoms with Crippen molar-refractivity contribution in [2.24, 2.45) is 0 Å². The van der Waals surface area contributed by atoms with Crippen LogP contribution in [0.5, 0.6) is 0 Å². The monoisotopic (exact) mass is 281 g/mol. The molecule has 1 heterocycles. The number of aromatic nitrogens is 2. The first-order chi connectivity index (χ1) is 9.06.